The minimum Gasteiger partial charge on any atom is -0.389 e. The van der Waals surface area contributed by atoms with E-state index in [1.165, 1.54) is 0 Å². The van der Waals surface area contributed by atoms with Crippen LogP contribution in [0.5, 0.6) is 0 Å². The van der Waals surface area contributed by atoms with Gasteiger partial charge >= 0.3 is 6.03 Å². The Hall–Kier alpha value is -2.11. The molecule has 6 heteroatoms. The molecule has 0 aliphatic heterocycles. The number of amides is 2. The lowest BCUT2D eigenvalue weighted by molar-refractivity contribution is 0.251. The first kappa shape index (κ1) is 15.3. The average Bonchev–Trinajstić information content (AvgIpc) is 2.45. The Balaban J connectivity index is 1.92. The summed E-state index contributed by atoms with van der Waals surface area (Å²) in [5, 5.41) is 6.03. The van der Waals surface area contributed by atoms with E-state index >= 15 is 0 Å². The number of nitrogens with one attached hydrogen (secondary N) is 2. The van der Waals surface area contributed by atoms with E-state index in [2.05, 4.69) is 10.6 Å². The molecule has 0 spiro atoms. The largest absolute Gasteiger partial charge is 0.389 e. The third-order valence-corrected chi connectivity index (χ3v) is 3.22. The molecule has 0 unspecified atom stereocenters. The van der Waals surface area contributed by atoms with Gasteiger partial charge in [-0.05, 0) is 29.8 Å². The zero-order valence-corrected chi connectivity index (χ0v) is 12.7. The van der Waals surface area contributed by atoms with Crippen LogP contribution in [-0.2, 0) is 6.54 Å². The SMILES string of the molecule is NC(=S)c1cccc(CNC(=O)Nc2cccc(Cl)c2)c1. The van der Waals surface area contributed by atoms with E-state index in [-0.39, 0.29) is 6.03 Å². The molecule has 0 fully saturated rings. The lowest BCUT2D eigenvalue weighted by atomic mass is 10.1. The van der Waals surface area contributed by atoms with Crippen molar-refractivity contribution < 1.29 is 4.79 Å². The molecular weight excluding hydrogens is 306 g/mol. The van der Waals surface area contributed by atoms with E-state index in [1.54, 1.807) is 24.3 Å². The van der Waals surface area contributed by atoms with Crippen LogP contribution in [0.2, 0.25) is 5.02 Å². The summed E-state index contributed by atoms with van der Waals surface area (Å²) in [4.78, 5) is 12.1. The third kappa shape index (κ3) is 4.73. The second-order valence-corrected chi connectivity index (χ2v) is 5.26. The molecule has 4 N–H and O–H groups in total. The fourth-order valence-corrected chi connectivity index (χ4v) is 2.08. The van der Waals surface area contributed by atoms with Gasteiger partial charge in [-0.1, -0.05) is 48.1 Å². The molecule has 0 saturated heterocycles. The van der Waals surface area contributed by atoms with Crippen molar-refractivity contribution >= 4 is 40.5 Å². The van der Waals surface area contributed by atoms with Gasteiger partial charge in [-0.25, -0.2) is 4.79 Å². The molecule has 0 bridgehead atoms. The van der Waals surface area contributed by atoms with Gasteiger partial charge in [0.1, 0.15) is 4.99 Å². The molecule has 108 valence electrons. The van der Waals surface area contributed by atoms with Gasteiger partial charge in [0.25, 0.3) is 0 Å². The van der Waals surface area contributed by atoms with E-state index in [9.17, 15) is 4.79 Å². The monoisotopic (exact) mass is 319 g/mol. The number of thiocarbonyl (C=S) groups is 1. The highest BCUT2D eigenvalue weighted by atomic mass is 35.5. The van der Waals surface area contributed by atoms with Gasteiger partial charge in [-0.3, -0.25) is 0 Å². The first-order chi connectivity index (χ1) is 10.0. The van der Waals surface area contributed by atoms with Crippen LogP contribution in [0.15, 0.2) is 48.5 Å². The number of rotatable bonds is 4. The molecule has 0 radical (unpaired) electrons. The first-order valence-corrected chi connectivity index (χ1v) is 7.02. The van der Waals surface area contributed by atoms with Crippen molar-refractivity contribution in [2.24, 2.45) is 5.73 Å². The Morgan fingerprint density at radius 1 is 1.19 bits per heavy atom. The molecule has 0 atom stereocenters. The summed E-state index contributed by atoms with van der Waals surface area (Å²) in [6, 6.07) is 14.1. The summed E-state index contributed by atoms with van der Waals surface area (Å²) in [6.45, 7) is 0.378. The van der Waals surface area contributed by atoms with Crippen molar-refractivity contribution in [3.63, 3.8) is 0 Å². The maximum atomic E-state index is 11.8. The Labute approximate surface area is 133 Å². The lowest BCUT2D eigenvalue weighted by Gasteiger charge is -2.09. The summed E-state index contributed by atoms with van der Waals surface area (Å²) >= 11 is 10.8. The number of carbonyl (C=O) groups excluding carboxylic acids is 1. The zero-order chi connectivity index (χ0) is 15.2. The number of urea groups is 1. The molecule has 2 aromatic rings. The fourth-order valence-electron chi connectivity index (χ4n) is 1.76. The van der Waals surface area contributed by atoms with Crippen LogP contribution < -0.4 is 16.4 Å². The number of carbonyl (C=O) groups is 1. The normalized spacial score (nSPS) is 9.95. The van der Waals surface area contributed by atoms with E-state index in [0.717, 1.165) is 11.1 Å². The van der Waals surface area contributed by atoms with E-state index < -0.39 is 0 Å². The van der Waals surface area contributed by atoms with Gasteiger partial charge in [0.2, 0.25) is 0 Å². The van der Waals surface area contributed by atoms with Gasteiger partial charge in [0, 0.05) is 22.8 Å². The molecule has 0 heterocycles. The lowest BCUT2D eigenvalue weighted by Crippen LogP contribution is -2.28. The van der Waals surface area contributed by atoms with Crippen LogP contribution in [0.4, 0.5) is 10.5 Å². The summed E-state index contributed by atoms with van der Waals surface area (Å²) in [7, 11) is 0. The smallest absolute Gasteiger partial charge is 0.319 e. The summed E-state index contributed by atoms with van der Waals surface area (Å²) in [6.07, 6.45) is 0. The third-order valence-electron chi connectivity index (χ3n) is 2.75. The number of nitrogens with two attached hydrogens (primary N) is 1. The molecule has 4 nitrogen and oxygen atoms in total. The molecule has 2 rings (SSSR count). The van der Waals surface area contributed by atoms with Gasteiger partial charge in [0.05, 0.1) is 0 Å². The van der Waals surface area contributed by atoms with Crippen molar-refractivity contribution in [3.8, 4) is 0 Å². The maximum absolute atomic E-state index is 11.8. The summed E-state index contributed by atoms with van der Waals surface area (Å²) in [5.74, 6) is 0. The number of anilines is 1. The fraction of sp³-hybridized carbons (Fsp3) is 0.0667. The second-order valence-electron chi connectivity index (χ2n) is 4.38. The molecule has 21 heavy (non-hydrogen) atoms. The van der Waals surface area contributed by atoms with Crippen molar-refractivity contribution in [3.05, 3.63) is 64.7 Å². The van der Waals surface area contributed by atoms with E-state index in [4.69, 9.17) is 29.6 Å². The highest BCUT2D eigenvalue weighted by Crippen LogP contribution is 2.14. The second kappa shape index (κ2) is 7.06. The number of benzene rings is 2. The quantitative estimate of drug-likeness (QED) is 0.757. The van der Waals surface area contributed by atoms with Crippen LogP contribution >= 0.6 is 23.8 Å². The number of hydrogen-bond acceptors (Lipinski definition) is 2. The van der Waals surface area contributed by atoms with Gasteiger partial charge in [-0.2, -0.15) is 0 Å². The minimum absolute atomic E-state index is 0.307. The predicted octanol–water partition coefficient (Wildman–Crippen LogP) is 3.30. The minimum atomic E-state index is -0.307. The number of hydrogen-bond donors (Lipinski definition) is 3. The van der Waals surface area contributed by atoms with Crippen molar-refractivity contribution in [2.75, 3.05) is 5.32 Å². The van der Waals surface area contributed by atoms with Crippen molar-refractivity contribution in [1.29, 1.82) is 0 Å². The molecule has 0 saturated carbocycles. The van der Waals surface area contributed by atoms with E-state index in [0.29, 0.717) is 22.2 Å². The van der Waals surface area contributed by atoms with Crippen LogP contribution in [0.25, 0.3) is 0 Å². The first-order valence-electron chi connectivity index (χ1n) is 6.24. The Morgan fingerprint density at radius 2 is 1.95 bits per heavy atom. The molecule has 0 aliphatic rings. The highest BCUT2D eigenvalue weighted by Gasteiger charge is 2.03. The van der Waals surface area contributed by atoms with Crippen molar-refractivity contribution in [1.82, 2.24) is 5.32 Å². The predicted molar refractivity (Wildman–Crippen MR) is 89.6 cm³/mol. The maximum Gasteiger partial charge on any atom is 0.319 e. The van der Waals surface area contributed by atoms with Gasteiger partial charge in [0.15, 0.2) is 0 Å². The van der Waals surface area contributed by atoms with Crippen molar-refractivity contribution in [2.45, 2.75) is 6.54 Å². The summed E-state index contributed by atoms with van der Waals surface area (Å²) in [5.41, 5.74) is 7.91. The molecular formula is C15H14ClN3OS. The number of halogens is 1. The molecule has 0 aromatic heterocycles. The highest BCUT2D eigenvalue weighted by molar-refractivity contribution is 7.80. The molecule has 2 aromatic carbocycles. The van der Waals surface area contributed by atoms with Gasteiger partial charge in [-0.15, -0.1) is 0 Å². The van der Waals surface area contributed by atoms with Crippen LogP contribution in [-0.4, -0.2) is 11.0 Å². The molecule has 2 amide bonds. The zero-order valence-electron chi connectivity index (χ0n) is 11.1. The topological polar surface area (TPSA) is 67.1 Å². The van der Waals surface area contributed by atoms with Crippen LogP contribution in [0.3, 0.4) is 0 Å². The van der Waals surface area contributed by atoms with Crippen LogP contribution in [0, 0.1) is 0 Å². The Morgan fingerprint density at radius 3 is 2.67 bits per heavy atom. The summed E-state index contributed by atoms with van der Waals surface area (Å²) < 4.78 is 0. The molecule has 0 aliphatic carbocycles. The van der Waals surface area contributed by atoms with Gasteiger partial charge < -0.3 is 16.4 Å². The standard InChI is InChI=1S/C15H14ClN3OS/c16-12-5-2-6-13(8-12)19-15(20)18-9-10-3-1-4-11(7-10)14(17)21/h1-8H,9H2,(H2,17,21)(H2,18,19,20). The van der Waals surface area contributed by atoms with Crippen LogP contribution in [0.1, 0.15) is 11.1 Å². The Bertz CT molecular complexity index is 675. The van der Waals surface area contributed by atoms with E-state index in [1.807, 2.05) is 24.3 Å². The average molecular weight is 320 g/mol. The Kier molecular flexibility index (Phi) is 5.14.